The highest BCUT2D eigenvalue weighted by Crippen LogP contribution is 2.34. The molecular weight excluding hydrogens is 330 g/mol. The van der Waals surface area contributed by atoms with Gasteiger partial charge in [-0.2, -0.15) is 0 Å². The van der Waals surface area contributed by atoms with E-state index in [-0.39, 0.29) is 5.56 Å². The maximum atomic E-state index is 11.4. The van der Waals surface area contributed by atoms with Crippen molar-refractivity contribution in [1.82, 2.24) is 20.4 Å². The van der Waals surface area contributed by atoms with E-state index in [9.17, 15) is 4.79 Å². The van der Waals surface area contributed by atoms with Gasteiger partial charge in [0.05, 0.1) is 17.8 Å². The molecule has 0 unspecified atom stereocenters. The highest BCUT2D eigenvalue weighted by Gasteiger charge is 2.21. The molecule has 0 spiro atoms. The average Bonchev–Trinajstić information content (AvgIpc) is 2.86. The average molecular weight is 345 g/mol. The van der Waals surface area contributed by atoms with Crippen molar-refractivity contribution in [3.63, 3.8) is 0 Å². The monoisotopic (exact) mass is 345 g/mol. The van der Waals surface area contributed by atoms with E-state index in [0.717, 1.165) is 28.5 Å². The fraction of sp³-hybridized carbons (Fsp3) is 0.0526. The molecule has 3 aromatic heterocycles. The number of pyridine rings is 3. The Morgan fingerprint density at radius 3 is 2.15 bits per heavy atom. The minimum atomic E-state index is -0.595. The first-order chi connectivity index (χ1) is 12.8. The van der Waals surface area contributed by atoms with E-state index in [1.165, 1.54) is 6.20 Å². The first kappa shape index (κ1) is 15.9. The highest BCUT2D eigenvalue weighted by atomic mass is 16.5. The highest BCUT2D eigenvalue weighted by molar-refractivity contribution is 5.93. The van der Waals surface area contributed by atoms with Crippen LogP contribution in [-0.4, -0.2) is 26.1 Å². The summed E-state index contributed by atoms with van der Waals surface area (Å²) >= 11 is 0. The van der Waals surface area contributed by atoms with Crippen molar-refractivity contribution < 1.29 is 10.0 Å². The van der Waals surface area contributed by atoms with E-state index in [1.807, 2.05) is 41.3 Å². The summed E-state index contributed by atoms with van der Waals surface area (Å²) in [5, 5.41) is 8.71. The molecule has 0 fully saturated rings. The first-order valence-corrected chi connectivity index (χ1v) is 8.01. The van der Waals surface area contributed by atoms with E-state index in [4.69, 9.17) is 5.21 Å². The Morgan fingerprint density at radius 1 is 0.962 bits per heavy atom. The molecule has 0 saturated heterocycles. The number of hydroxylamine groups is 1. The lowest BCUT2D eigenvalue weighted by Crippen LogP contribution is -2.22. The Bertz CT molecular complexity index is 936. The number of amides is 1. The Morgan fingerprint density at radius 2 is 1.62 bits per heavy atom. The zero-order valence-electron chi connectivity index (χ0n) is 13.7. The second-order valence-corrected chi connectivity index (χ2v) is 5.73. The largest absolute Gasteiger partial charge is 0.304 e. The van der Waals surface area contributed by atoms with Crippen molar-refractivity contribution in [2.75, 3.05) is 4.90 Å². The van der Waals surface area contributed by atoms with Gasteiger partial charge in [0.25, 0.3) is 5.91 Å². The number of aromatic nitrogens is 3. The number of anilines is 2. The van der Waals surface area contributed by atoms with E-state index in [0.29, 0.717) is 6.54 Å². The number of nitrogens with one attached hydrogen (secondary N) is 1. The minimum Gasteiger partial charge on any atom is -0.304 e. The number of hydrogen-bond donors (Lipinski definition) is 2. The van der Waals surface area contributed by atoms with E-state index < -0.39 is 5.91 Å². The fourth-order valence-electron chi connectivity index (χ4n) is 2.84. The Kier molecular flexibility index (Phi) is 4.12. The summed E-state index contributed by atoms with van der Waals surface area (Å²) in [5.41, 5.74) is 4.60. The molecule has 0 aromatic carbocycles. The number of fused-ring (bicyclic) bond motifs is 2. The molecule has 0 aliphatic carbocycles. The summed E-state index contributed by atoms with van der Waals surface area (Å²) in [6.07, 6.45) is 8.96. The van der Waals surface area contributed by atoms with Crippen LogP contribution in [0.15, 0.2) is 55.0 Å². The molecule has 0 atom stereocenters. The van der Waals surface area contributed by atoms with E-state index in [2.05, 4.69) is 15.0 Å². The summed E-state index contributed by atoms with van der Waals surface area (Å²) in [4.78, 5) is 26.8. The molecule has 7 heteroatoms. The van der Waals surface area contributed by atoms with Crippen LogP contribution in [0.1, 0.15) is 27.2 Å². The van der Waals surface area contributed by atoms with Crippen LogP contribution in [0.2, 0.25) is 0 Å². The molecule has 1 amide bonds. The van der Waals surface area contributed by atoms with Crippen LogP contribution in [0, 0.1) is 0 Å². The Balaban J connectivity index is 1.74. The van der Waals surface area contributed by atoms with Crippen LogP contribution in [-0.2, 0) is 6.54 Å². The second-order valence-electron chi connectivity index (χ2n) is 5.73. The maximum Gasteiger partial charge on any atom is 0.276 e. The van der Waals surface area contributed by atoms with Crippen LogP contribution in [0.5, 0.6) is 0 Å². The van der Waals surface area contributed by atoms with Crippen LogP contribution in [0.4, 0.5) is 11.6 Å². The van der Waals surface area contributed by atoms with Gasteiger partial charge in [-0.3, -0.25) is 15.0 Å². The lowest BCUT2D eigenvalue weighted by atomic mass is 10.2. The summed E-state index contributed by atoms with van der Waals surface area (Å²) in [6, 6.07) is 11.1. The van der Waals surface area contributed by atoms with Crippen molar-refractivity contribution in [3.05, 3.63) is 77.4 Å². The third-order valence-corrected chi connectivity index (χ3v) is 4.10. The number of rotatable bonds is 3. The molecule has 4 rings (SSSR count). The number of hydrogen-bond acceptors (Lipinski definition) is 6. The SMILES string of the molecule is O=C(NO)c1ccc(CN2c3ncccc3C=Cc3cccnc32)nc1. The van der Waals surface area contributed by atoms with E-state index >= 15 is 0 Å². The molecule has 0 bridgehead atoms. The summed E-state index contributed by atoms with van der Waals surface area (Å²) in [7, 11) is 0. The third-order valence-electron chi connectivity index (χ3n) is 4.10. The predicted molar refractivity (Wildman–Crippen MR) is 96.7 cm³/mol. The topological polar surface area (TPSA) is 91.2 Å². The van der Waals surface area contributed by atoms with Crippen molar-refractivity contribution in [3.8, 4) is 0 Å². The van der Waals surface area contributed by atoms with Gasteiger partial charge >= 0.3 is 0 Å². The number of carbonyl (C=O) groups excluding carboxylic acids is 1. The van der Waals surface area contributed by atoms with Crippen molar-refractivity contribution in [2.45, 2.75) is 6.54 Å². The van der Waals surface area contributed by atoms with Crippen LogP contribution < -0.4 is 10.4 Å². The Labute approximate surface area is 149 Å². The molecule has 3 aromatic rings. The van der Waals surface area contributed by atoms with Crippen molar-refractivity contribution in [2.24, 2.45) is 0 Å². The molecule has 4 heterocycles. The normalized spacial score (nSPS) is 12.1. The third kappa shape index (κ3) is 2.91. The predicted octanol–water partition coefficient (Wildman–Crippen LogP) is 2.81. The minimum absolute atomic E-state index is 0.283. The lowest BCUT2D eigenvalue weighted by molar-refractivity contribution is 0.0706. The molecule has 26 heavy (non-hydrogen) atoms. The molecule has 7 nitrogen and oxygen atoms in total. The van der Waals surface area contributed by atoms with Gasteiger partial charge in [0.15, 0.2) is 0 Å². The van der Waals surface area contributed by atoms with Crippen molar-refractivity contribution >= 4 is 29.7 Å². The number of nitrogens with zero attached hydrogens (tertiary/aromatic N) is 4. The Hall–Kier alpha value is -3.58. The van der Waals surface area contributed by atoms with Gasteiger partial charge in [0.2, 0.25) is 0 Å². The quantitative estimate of drug-likeness (QED) is 0.560. The fourth-order valence-corrected chi connectivity index (χ4v) is 2.84. The van der Waals surface area contributed by atoms with E-state index in [1.54, 1.807) is 30.0 Å². The van der Waals surface area contributed by atoms with Crippen LogP contribution >= 0.6 is 0 Å². The van der Waals surface area contributed by atoms with Gasteiger partial charge in [-0.25, -0.2) is 15.4 Å². The smallest absolute Gasteiger partial charge is 0.276 e. The second kappa shape index (κ2) is 6.73. The van der Waals surface area contributed by atoms with Gasteiger partial charge in [-0.15, -0.1) is 0 Å². The molecule has 0 radical (unpaired) electrons. The lowest BCUT2D eigenvalue weighted by Gasteiger charge is -2.24. The molecule has 2 N–H and O–H groups in total. The van der Waals surface area contributed by atoms with Gasteiger partial charge in [0.1, 0.15) is 11.6 Å². The molecule has 1 aliphatic heterocycles. The first-order valence-electron chi connectivity index (χ1n) is 8.01. The summed E-state index contributed by atoms with van der Waals surface area (Å²) in [5.74, 6) is 0.988. The van der Waals surface area contributed by atoms with Gasteiger partial charge in [0, 0.05) is 29.7 Å². The zero-order chi connectivity index (χ0) is 17.9. The summed E-state index contributed by atoms with van der Waals surface area (Å²) in [6.45, 7) is 0.441. The summed E-state index contributed by atoms with van der Waals surface area (Å²) < 4.78 is 0. The van der Waals surface area contributed by atoms with Gasteiger partial charge in [-0.1, -0.05) is 12.2 Å². The van der Waals surface area contributed by atoms with Crippen LogP contribution in [0.3, 0.4) is 0 Å². The molecular formula is C19H15N5O2. The van der Waals surface area contributed by atoms with Gasteiger partial charge in [-0.05, 0) is 36.4 Å². The maximum absolute atomic E-state index is 11.4. The molecule has 0 saturated carbocycles. The van der Waals surface area contributed by atoms with Crippen molar-refractivity contribution in [1.29, 1.82) is 0 Å². The number of carbonyl (C=O) groups is 1. The zero-order valence-corrected chi connectivity index (χ0v) is 13.7. The van der Waals surface area contributed by atoms with Gasteiger partial charge < -0.3 is 4.90 Å². The van der Waals surface area contributed by atoms with Crippen LogP contribution in [0.25, 0.3) is 12.2 Å². The standard InChI is InChI=1S/C19H15N5O2/c25-19(23-26)15-7-8-16(22-11-15)12-24-17-13(3-1-9-20-17)5-6-14-4-2-10-21-18(14)24/h1-11,26H,12H2,(H,23,25). The molecule has 128 valence electrons. The molecule has 1 aliphatic rings.